The van der Waals surface area contributed by atoms with Gasteiger partial charge in [0.2, 0.25) is 5.89 Å². The number of aromatic nitrogens is 5. The van der Waals surface area contributed by atoms with Gasteiger partial charge in [-0.1, -0.05) is 29.9 Å². The van der Waals surface area contributed by atoms with E-state index in [0.29, 0.717) is 11.6 Å². The van der Waals surface area contributed by atoms with Crippen molar-refractivity contribution in [3.05, 3.63) is 29.2 Å². The highest BCUT2D eigenvalue weighted by Crippen LogP contribution is 2.27. The molecule has 110 valence electrons. The Hall–Kier alpha value is -1.67. The molecule has 3 aromatic rings. The normalized spacial score (nSPS) is 11.1. The molecule has 0 amide bonds. The summed E-state index contributed by atoms with van der Waals surface area (Å²) in [4.78, 5) is 5.46. The lowest BCUT2D eigenvalue weighted by atomic mass is 10.3. The molecule has 3 aromatic heterocycles. The van der Waals surface area contributed by atoms with Gasteiger partial charge in [0, 0.05) is 13.5 Å². The highest BCUT2D eigenvalue weighted by atomic mass is 32.2. The average molecular weight is 321 g/mol. The van der Waals surface area contributed by atoms with Crippen molar-refractivity contribution in [2.45, 2.75) is 30.7 Å². The van der Waals surface area contributed by atoms with Crippen LogP contribution in [0.15, 0.2) is 27.2 Å². The van der Waals surface area contributed by atoms with Gasteiger partial charge in [0.1, 0.15) is 0 Å². The van der Waals surface area contributed by atoms with Crippen LogP contribution in [0.4, 0.5) is 0 Å². The van der Waals surface area contributed by atoms with Gasteiger partial charge in [0.15, 0.2) is 16.8 Å². The maximum atomic E-state index is 5.22. The van der Waals surface area contributed by atoms with E-state index < -0.39 is 0 Å². The summed E-state index contributed by atoms with van der Waals surface area (Å²) in [5.41, 5.74) is 0. The van der Waals surface area contributed by atoms with E-state index in [1.807, 2.05) is 29.1 Å². The molecule has 0 aliphatic carbocycles. The predicted octanol–water partition coefficient (Wildman–Crippen LogP) is 3.17. The van der Waals surface area contributed by atoms with Gasteiger partial charge in [-0.2, -0.15) is 4.98 Å². The molecule has 3 heterocycles. The van der Waals surface area contributed by atoms with Crippen LogP contribution in [0, 0.1) is 0 Å². The topological polar surface area (TPSA) is 69.6 Å². The second-order valence-corrected chi connectivity index (χ2v) is 6.38. The van der Waals surface area contributed by atoms with E-state index in [4.69, 9.17) is 4.52 Å². The van der Waals surface area contributed by atoms with E-state index in [2.05, 4.69) is 27.3 Å². The minimum absolute atomic E-state index is 0.604. The molecular formula is C13H15N5OS2. The molecule has 0 N–H and O–H groups in total. The Kier molecular flexibility index (Phi) is 4.35. The molecule has 0 unspecified atom stereocenters. The van der Waals surface area contributed by atoms with Crippen LogP contribution < -0.4 is 0 Å². The zero-order valence-electron chi connectivity index (χ0n) is 11.8. The molecule has 0 radical (unpaired) electrons. The molecule has 0 spiro atoms. The van der Waals surface area contributed by atoms with Gasteiger partial charge in [0.05, 0.1) is 10.6 Å². The van der Waals surface area contributed by atoms with Gasteiger partial charge >= 0.3 is 0 Å². The fourth-order valence-electron chi connectivity index (χ4n) is 1.86. The van der Waals surface area contributed by atoms with Crippen LogP contribution in [0.2, 0.25) is 0 Å². The van der Waals surface area contributed by atoms with E-state index >= 15 is 0 Å². The van der Waals surface area contributed by atoms with Crippen LogP contribution in [-0.2, 0) is 19.2 Å². The van der Waals surface area contributed by atoms with Crippen LogP contribution in [0.1, 0.15) is 25.1 Å². The molecule has 21 heavy (non-hydrogen) atoms. The number of thioether (sulfide) groups is 1. The molecule has 8 heteroatoms. The van der Waals surface area contributed by atoms with Crippen molar-refractivity contribution in [2.75, 3.05) is 0 Å². The zero-order chi connectivity index (χ0) is 14.7. The Morgan fingerprint density at radius 1 is 1.38 bits per heavy atom. The van der Waals surface area contributed by atoms with Crippen LogP contribution in [0.25, 0.3) is 10.7 Å². The summed E-state index contributed by atoms with van der Waals surface area (Å²) in [7, 11) is 1.97. The fraction of sp³-hybridized carbons (Fsp3) is 0.385. The molecule has 6 nitrogen and oxygen atoms in total. The van der Waals surface area contributed by atoms with Crippen molar-refractivity contribution in [2.24, 2.45) is 7.05 Å². The Bertz CT molecular complexity index is 704. The summed E-state index contributed by atoms with van der Waals surface area (Å²) in [5, 5.41) is 15.3. The van der Waals surface area contributed by atoms with Crippen molar-refractivity contribution in [1.29, 1.82) is 0 Å². The third-order valence-electron chi connectivity index (χ3n) is 2.88. The predicted molar refractivity (Wildman–Crippen MR) is 82.2 cm³/mol. The summed E-state index contributed by atoms with van der Waals surface area (Å²) in [5.74, 6) is 2.88. The highest BCUT2D eigenvalue weighted by molar-refractivity contribution is 7.98. The van der Waals surface area contributed by atoms with E-state index in [-0.39, 0.29) is 0 Å². The number of rotatable bonds is 6. The second-order valence-electron chi connectivity index (χ2n) is 4.49. The Morgan fingerprint density at radius 2 is 2.29 bits per heavy atom. The Balaban J connectivity index is 1.68. The maximum Gasteiger partial charge on any atom is 0.237 e. The van der Waals surface area contributed by atoms with Crippen molar-refractivity contribution in [3.8, 4) is 10.7 Å². The molecule has 0 bridgehead atoms. The number of nitrogens with zero attached hydrogens (tertiary/aromatic N) is 5. The first-order valence-corrected chi connectivity index (χ1v) is 8.52. The number of hydrogen-bond donors (Lipinski definition) is 0. The van der Waals surface area contributed by atoms with Gasteiger partial charge in [0.25, 0.3) is 0 Å². The third-order valence-corrected chi connectivity index (χ3v) is 4.76. The second kappa shape index (κ2) is 6.40. The van der Waals surface area contributed by atoms with Crippen molar-refractivity contribution in [1.82, 2.24) is 24.9 Å². The van der Waals surface area contributed by atoms with E-state index in [0.717, 1.165) is 34.5 Å². The standard InChI is InChI=1S/C13H15N5OS2/c1-3-5-10-14-11(19-17-10)8-21-13-16-15-12(18(13)2)9-6-4-7-20-9/h4,6-7H,3,5,8H2,1-2H3. The SMILES string of the molecule is CCCc1noc(CSc2nnc(-c3cccs3)n2C)n1. The lowest BCUT2D eigenvalue weighted by molar-refractivity contribution is 0.384. The highest BCUT2D eigenvalue weighted by Gasteiger charge is 2.13. The van der Waals surface area contributed by atoms with Gasteiger partial charge in [-0.05, 0) is 17.9 Å². The summed E-state index contributed by atoms with van der Waals surface area (Å²) >= 11 is 3.20. The third kappa shape index (κ3) is 3.16. The molecular weight excluding hydrogens is 306 g/mol. The maximum absolute atomic E-state index is 5.22. The average Bonchev–Trinajstić information content (AvgIpc) is 3.18. The first kappa shape index (κ1) is 14.3. The summed E-state index contributed by atoms with van der Waals surface area (Å²) in [6, 6.07) is 4.05. The Morgan fingerprint density at radius 3 is 3.05 bits per heavy atom. The smallest absolute Gasteiger partial charge is 0.237 e. The van der Waals surface area contributed by atoms with Crippen LogP contribution in [0.5, 0.6) is 0 Å². The summed E-state index contributed by atoms with van der Waals surface area (Å²) in [6.07, 6.45) is 1.86. The largest absolute Gasteiger partial charge is 0.338 e. The lowest BCUT2D eigenvalue weighted by Gasteiger charge is -2.00. The fourth-order valence-corrected chi connectivity index (χ4v) is 3.35. The van der Waals surface area contributed by atoms with Crippen LogP contribution >= 0.6 is 23.1 Å². The Labute approximate surface area is 130 Å². The molecule has 0 saturated heterocycles. The van der Waals surface area contributed by atoms with Crippen molar-refractivity contribution < 1.29 is 4.52 Å². The molecule has 0 aliphatic rings. The van der Waals surface area contributed by atoms with Gasteiger partial charge < -0.3 is 9.09 Å². The summed E-state index contributed by atoms with van der Waals surface area (Å²) in [6.45, 7) is 2.09. The zero-order valence-corrected chi connectivity index (χ0v) is 13.4. The molecule has 0 atom stereocenters. The van der Waals surface area contributed by atoms with E-state index in [1.54, 1.807) is 23.1 Å². The van der Waals surface area contributed by atoms with Gasteiger partial charge in [-0.3, -0.25) is 0 Å². The molecule has 0 saturated carbocycles. The minimum atomic E-state index is 0.604. The number of aryl methyl sites for hydroxylation is 1. The summed E-state index contributed by atoms with van der Waals surface area (Å²) < 4.78 is 7.21. The molecule has 0 fully saturated rings. The number of hydrogen-bond acceptors (Lipinski definition) is 7. The monoisotopic (exact) mass is 321 g/mol. The molecule has 0 aromatic carbocycles. The van der Waals surface area contributed by atoms with Crippen molar-refractivity contribution in [3.63, 3.8) is 0 Å². The first-order valence-electron chi connectivity index (χ1n) is 6.65. The quantitative estimate of drug-likeness (QED) is 0.650. The number of thiophene rings is 1. The van der Waals surface area contributed by atoms with Crippen LogP contribution in [-0.4, -0.2) is 24.9 Å². The molecule has 0 aliphatic heterocycles. The van der Waals surface area contributed by atoms with Crippen LogP contribution in [0.3, 0.4) is 0 Å². The van der Waals surface area contributed by atoms with Gasteiger partial charge in [-0.15, -0.1) is 21.5 Å². The molecule has 3 rings (SSSR count). The lowest BCUT2D eigenvalue weighted by Crippen LogP contribution is -1.94. The van der Waals surface area contributed by atoms with Gasteiger partial charge in [-0.25, -0.2) is 0 Å². The first-order chi connectivity index (χ1) is 10.3. The van der Waals surface area contributed by atoms with E-state index in [9.17, 15) is 0 Å². The van der Waals surface area contributed by atoms with E-state index in [1.165, 1.54) is 0 Å². The minimum Gasteiger partial charge on any atom is -0.338 e. The van der Waals surface area contributed by atoms with Crippen molar-refractivity contribution >= 4 is 23.1 Å².